The first kappa shape index (κ1) is 9.18. The highest BCUT2D eigenvalue weighted by atomic mass is 19.1. The molecule has 0 aliphatic heterocycles. The summed E-state index contributed by atoms with van der Waals surface area (Å²) in [5, 5.41) is 1.86. The van der Waals surface area contributed by atoms with E-state index in [9.17, 15) is 14.0 Å². The topological polar surface area (TPSA) is 72.2 Å². The van der Waals surface area contributed by atoms with Crippen molar-refractivity contribution in [1.82, 2.24) is 5.32 Å². The van der Waals surface area contributed by atoms with Gasteiger partial charge in [0.25, 0.3) is 5.91 Å². The number of halogens is 1. The molecule has 68 valence electrons. The van der Waals surface area contributed by atoms with Crippen molar-refractivity contribution < 1.29 is 14.0 Å². The Morgan fingerprint density at radius 2 is 1.77 bits per heavy atom. The van der Waals surface area contributed by atoms with E-state index >= 15 is 0 Å². The molecule has 0 heterocycles. The number of hydrogen-bond donors (Lipinski definition) is 2. The van der Waals surface area contributed by atoms with Gasteiger partial charge in [-0.3, -0.25) is 10.1 Å². The van der Waals surface area contributed by atoms with E-state index in [-0.39, 0.29) is 5.56 Å². The average Bonchev–Trinajstić information content (AvgIpc) is 2.04. The number of imide groups is 1. The van der Waals surface area contributed by atoms with E-state index in [1.807, 2.05) is 5.32 Å². The number of rotatable bonds is 1. The lowest BCUT2D eigenvalue weighted by molar-refractivity contribution is 0.0966. The van der Waals surface area contributed by atoms with Crippen molar-refractivity contribution in [1.29, 1.82) is 0 Å². The molecule has 3 N–H and O–H groups in total. The molecule has 0 atom stereocenters. The maximum atomic E-state index is 12.4. The van der Waals surface area contributed by atoms with Gasteiger partial charge in [-0.15, -0.1) is 0 Å². The Balaban J connectivity index is 2.78. The summed E-state index contributed by atoms with van der Waals surface area (Å²) < 4.78 is 12.4. The highest BCUT2D eigenvalue weighted by Gasteiger charge is 2.06. The molecule has 0 aliphatic rings. The van der Waals surface area contributed by atoms with E-state index in [2.05, 4.69) is 0 Å². The van der Waals surface area contributed by atoms with E-state index in [0.29, 0.717) is 0 Å². The van der Waals surface area contributed by atoms with Gasteiger partial charge in [0.2, 0.25) is 0 Å². The van der Waals surface area contributed by atoms with Crippen LogP contribution in [0.1, 0.15) is 10.4 Å². The summed E-state index contributed by atoms with van der Waals surface area (Å²) in [4.78, 5) is 21.3. The van der Waals surface area contributed by atoms with Gasteiger partial charge in [-0.05, 0) is 24.3 Å². The monoisotopic (exact) mass is 182 g/mol. The Morgan fingerprint density at radius 1 is 1.23 bits per heavy atom. The lowest BCUT2D eigenvalue weighted by Crippen LogP contribution is -2.34. The summed E-state index contributed by atoms with van der Waals surface area (Å²) in [7, 11) is 0. The van der Waals surface area contributed by atoms with E-state index < -0.39 is 17.8 Å². The van der Waals surface area contributed by atoms with Crippen LogP contribution in [0.5, 0.6) is 0 Å². The molecule has 1 aromatic rings. The SMILES string of the molecule is NC(=O)NC(=O)c1ccc(F)cc1. The molecule has 3 amide bonds. The maximum absolute atomic E-state index is 12.4. The second-order valence-electron chi connectivity index (χ2n) is 2.33. The van der Waals surface area contributed by atoms with E-state index in [0.717, 1.165) is 12.1 Å². The minimum absolute atomic E-state index is 0.181. The Kier molecular flexibility index (Phi) is 2.59. The van der Waals surface area contributed by atoms with Crippen molar-refractivity contribution in [2.75, 3.05) is 0 Å². The summed E-state index contributed by atoms with van der Waals surface area (Å²) in [6.45, 7) is 0. The summed E-state index contributed by atoms with van der Waals surface area (Å²) in [5.41, 5.74) is 4.90. The molecule has 5 heteroatoms. The van der Waals surface area contributed by atoms with Gasteiger partial charge in [-0.2, -0.15) is 0 Å². The number of amides is 3. The van der Waals surface area contributed by atoms with Gasteiger partial charge in [-0.25, -0.2) is 9.18 Å². The normalized spacial score (nSPS) is 9.31. The number of nitrogens with one attached hydrogen (secondary N) is 1. The number of benzene rings is 1. The molecule has 0 radical (unpaired) electrons. The molecule has 13 heavy (non-hydrogen) atoms. The van der Waals surface area contributed by atoms with Gasteiger partial charge in [0.1, 0.15) is 5.82 Å². The number of primary amides is 1. The van der Waals surface area contributed by atoms with Crippen molar-refractivity contribution >= 4 is 11.9 Å². The smallest absolute Gasteiger partial charge is 0.319 e. The standard InChI is InChI=1S/C8H7FN2O2/c9-6-3-1-5(2-4-6)7(12)11-8(10)13/h1-4H,(H3,10,11,12,13). The summed E-state index contributed by atoms with van der Waals surface area (Å²) in [6.07, 6.45) is 0. The molecule has 1 aromatic carbocycles. The molecular formula is C8H7FN2O2. The predicted octanol–water partition coefficient (Wildman–Crippen LogP) is 0.634. The third kappa shape index (κ3) is 2.55. The van der Waals surface area contributed by atoms with E-state index in [4.69, 9.17) is 5.73 Å². The van der Waals surface area contributed by atoms with Crippen molar-refractivity contribution in [2.24, 2.45) is 5.73 Å². The molecule has 0 aromatic heterocycles. The molecule has 4 nitrogen and oxygen atoms in total. The Bertz CT molecular complexity index is 335. The Morgan fingerprint density at radius 3 is 2.23 bits per heavy atom. The predicted molar refractivity (Wildman–Crippen MR) is 43.4 cm³/mol. The maximum Gasteiger partial charge on any atom is 0.319 e. The van der Waals surface area contributed by atoms with Crippen LogP contribution in [0.2, 0.25) is 0 Å². The lowest BCUT2D eigenvalue weighted by Gasteiger charge is -1.99. The minimum Gasteiger partial charge on any atom is -0.351 e. The van der Waals surface area contributed by atoms with Gasteiger partial charge in [0.15, 0.2) is 0 Å². The molecule has 0 bridgehead atoms. The van der Waals surface area contributed by atoms with Crippen LogP contribution in [0, 0.1) is 5.82 Å². The first-order chi connectivity index (χ1) is 6.09. The second kappa shape index (κ2) is 3.66. The zero-order valence-electron chi connectivity index (χ0n) is 6.58. The number of carbonyl (C=O) groups is 2. The van der Waals surface area contributed by atoms with Crippen molar-refractivity contribution in [3.05, 3.63) is 35.6 Å². The highest BCUT2D eigenvalue weighted by molar-refractivity contribution is 6.03. The van der Waals surface area contributed by atoms with Crippen molar-refractivity contribution in [3.63, 3.8) is 0 Å². The van der Waals surface area contributed by atoms with Gasteiger partial charge >= 0.3 is 6.03 Å². The number of hydrogen-bond acceptors (Lipinski definition) is 2. The summed E-state index contributed by atoms with van der Waals surface area (Å²) in [6, 6.07) is 3.82. The zero-order valence-corrected chi connectivity index (χ0v) is 6.58. The van der Waals surface area contributed by atoms with Crippen LogP contribution >= 0.6 is 0 Å². The Labute approximate surface area is 73.5 Å². The number of carbonyl (C=O) groups excluding carboxylic acids is 2. The molecule has 0 unspecified atom stereocenters. The van der Waals surface area contributed by atoms with E-state index in [1.54, 1.807) is 0 Å². The van der Waals surface area contributed by atoms with E-state index in [1.165, 1.54) is 12.1 Å². The van der Waals surface area contributed by atoms with Crippen LogP contribution in [0.15, 0.2) is 24.3 Å². The third-order valence-corrected chi connectivity index (χ3v) is 1.34. The van der Waals surface area contributed by atoms with Crippen LogP contribution in [-0.2, 0) is 0 Å². The molecule has 0 spiro atoms. The van der Waals surface area contributed by atoms with Crippen LogP contribution < -0.4 is 11.1 Å². The van der Waals surface area contributed by atoms with Crippen molar-refractivity contribution in [3.8, 4) is 0 Å². The number of nitrogens with two attached hydrogens (primary N) is 1. The minimum atomic E-state index is -0.936. The second-order valence-corrected chi connectivity index (χ2v) is 2.33. The molecule has 0 saturated heterocycles. The molecule has 0 saturated carbocycles. The summed E-state index contributed by atoms with van der Waals surface area (Å²) in [5.74, 6) is -1.09. The fraction of sp³-hybridized carbons (Fsp3) is 0. The Hall–Kier alpha value is -1.91. The first-order valence-corrected chi connectivity index (χ1v) is 3.46. The van der Waals surface area contributed by atoms with Crippen molar-refractivity contribution in [2.45, 2.75) is 0 Å². The molecular weight excluding hydrogens is 175 g/mol. The summed E-state index contributed by atoms with van der Waals surface area (Å²) >= 11 is 0. The van der Waals surface area contributed by atoms with Crippen LogP contribution in [0.25, 0.3) is 0 Å². The van der Waals surface area contributed by atoms with Crippen LogP contribution in [0.3, 0.4) is 0 Å². The quantitative estimate of drug-likeness (QED) is 0.668. The van der Waals surface area contributed by atoms with Gasteiger partial charge < -0.3 is 5.73 Å². The molecule has 0 fully saturated rings. The fourth-order valence-electron chi connectivity index (χ4n) is 0.785. The van der Waals surface area contributed by atoms with Gasteiger partial charge in [0, 0.05) is 5.56 Å². The lowest BCUT2D eigenvalue weighted by atomic mass is 10.2. The largest absolute Gasteiger partial charge is 0.351 e. The zero-order chi connectivity index (χ0) is 9.84. The number of urea groups is 1. The fourth-order valence-corrected chi connectivity index (χ4v) is 0.785. The molecule has 1 rings (SSSR count). The first-order valence-electron chi connectivity index (χ1n) is 3.46. The van der Waals surface area contributed by atoms with Gasteiger partial charge in [0.05, 0.1) is 0 Å². The molecule has 0 aliphatic carbocycles. The van der Waals surface area contributed by atoms with Crippen LogP contribution in [-0.4, -0.2) is 11.9 Å². The third-order valence-electron chi connectivity index (χ3n) is 1.34. The average molecular weight is 182 g/mol. The highest BCUT2D eigenvalue weighted by Crippen LogP contribution is 2.01. The van der Waals surface area contributed by atoms with Gasteiger partial charge in [-0.1, -0.05) is 0 Å². The van der Waals surface area contributed by atoms with Crippen LogP contribution in [0.4, 0.5) is 9.18 Å².